The summed E-state index contributed by atoms with van der Waals surface area (Å²) in [5.41, 5.74) is 13.1. The Labute approximate surface area is 305 Å². The Kier molecular flexibility index (Phi) is 9.13. The van der Waals surface area contributed by atoms with Crippen molar-refractivity contribution in [2.45, 2.75) is 4.90 Å². The molecule has 270 valence electrons. The molecular formula is C35H25N9O8S2. The first-order valence-corrected chi connectivity index (χ1v) is 18.5. The van der Waals surface area contributed by atoms with Crippen LogP contribution in [0.3, 0.4) is 0 Å². The van der Waals surface area contributed by atoms with E-state index in [9.17, 15) is 35.5 Å². The van der Waals surface area contributed by atoms with Gasteiger partial charge in [0.1, 0.15) is 21.3 Å². The number of ketones is 2. The van der Waals surface area contributed by atoms with E-state index >= 15 is 0 Å². The molecule has 0 saturated heterocycles. The van der Waals surface area contributed by atoms with E-state index in [0.29, 0.717) is 39.5 Å². The minimum absolute atomic E-state index is 0.114. The summed E-state index contributed by atoms with van der Waals surface area (Å²) >= 11 is 0. The fourth-order valence-electron chi connectivity index (χ4n) is 5.39. The van der Waals surface area contributed by atoms with E-state index in [1.807, 2.05) is 6.07 Å². The zero-order valence-corrected chi connectivity index (χ0v) is 29.0. The summed E-state index contributed by atoms with van der Waals surface area (Å²) in [4.78, 5) is 31.0. The number of hydrogen-bond acceptors (Lipinski definition) is 14. The van der Waals surface area contributed by atoms with Gasteiger partial charge in [-0.2, -0.15) is 32.2 Å². The van der Waals surface area contributed by atoms with Crippen LogP contribution in [0.5, 0.6) is 0 Å². The average molecular weight is 764 g/mol. The van der Waals surface area contributed by atoms with Crippen molar-refractivity contribution in [3.63, 3.8) is 0 Å². The van der Waals surface area contributed by atoms with Gasteiger partial charge in [-0.05, 0) is 96.6 Å². The molecule has 1 heterocycles. The molecule has 0 atom stereocenters. The molecule has 2 aliphatic rings. The van der Waals surface area contributed by atoms with Gasteiger partial charge in [-0.15, -0.1) is 5.11 Å². The molecule has 1 aromatic heterocycles. The van der Waals surface area contributed by atoms with Gasteiger partial charge in [-0.25, -0.2) is 4.98 Å². The average Bonchev–Trinajstić information content (AvgIpc) is 3.57. The largest absolute Gasteiger partial charge is 0.396 e. The summed E-state index contributed by atoms with van der Waals surface area (Å²) in [5, 5.41) is 16.2. The number of fused-ring (bicyclic) bond motifs is 2. The van der Waals surface area contributed by atoms with E-state index < -0.39 is 52.9 Å². The van der Waals surface area contributed by atoms with Gasteiger partial charge >= 0.3 is 0 Å². The molecule has 0 aliphatic heterocycles. The number of hydrogen-bond donors (Lipinski definition) is 6. The lowest BCUT2D eigenvalue weighted by molar-refractivity contribution is -0.110. The summed E-state index contributed by atoms with van der Waals surface area (Å²) < 4.78 is 69.4. The van der Waals surface area contributed by atoms with Crippen molar-refractivity contribution in [1.82, 2.24) is 9.97 Å². The van der Waals surface area contributed by atoms with Crippen molar-refractivity contribution in [1.29, 1.82) is 0 Å². The molecule has 19 heteroatoms. The predicted molar refractivity (Wildman–Crippen MR) is 202 cm³/mol. The van der Waals surface area contributed by atoms with E-state index in [1.165, 1.54) is 12.2 Å². The Morgan fingerprint density at radius 1 is 0.759 bits per heavy atom. The van der Waals surface area contributed by atoms with Crippen LogP contribution in [-0.4, -0.2) is 58.9 Å². The number of aromatic amines is 1. The van der Waals surface area contributed by atoms with E-state index in [1.54, 1.807) is 78.9 Å². The van der Waals surface area contributed by atoms with Gasteiger partial charge in [0.15, 0.2) is 11.5 Å². The summed E-state index contributed by atoms with van der Waals surface area (Å²) in [5.74, 6) is -0.672. The number of nitrogen functional groups attached to an aromatic ring is 1. The number of benzene rings is 4. The van der Waals surface area contributed by atoms with Crippen LogP contribution in [0.15, 0.2) is 133 Å². The number of azo groups is 1. The lowest BCUT2D eigenvalue weighted by atomic mass is 9.92. The first-order chi connectivity index (χ1) is 25.7. The first-order valence-electron chi connectivity index (χ1n) is 15.6. The molecule has 0 amide bonds. The summed E-state index contributed by atoms with van der Waals surface area (Å²) in [6, 6.07) is 20.9. The van der Waals surface area contributed by atoms with E-state index in [4.69, 9.17) is 5.73 Å². The van der Waals surface area contributed by atoms with Crippen LogP contribution >= 0.6 is 0 Å². The number of carbonyl (C=O) groups excluding carboxylic acids is 2. The van der Waals surface area contributed by atoms with Crippen molar-refractivity contribution in [2.24, 2.45) is 20.4 Å². The first kappa shape index (κ1) is 35.5. The molecule has 0 radical (unpaired) electrons. The highest BCUT2D eigenvalue weighted by atomic mass is 32.2. The smallest absolute Gasteiger partial charge is 0.296 e. The van der Waals surface area contributed by atoms with Crippen LogP contribution in [0.4, 0.5) is 28.4 Å². The third-order valence-electron chi connectivity index (χ3n) is 7.96. The van der Waals surface area contributed by atoms with Gasteiger partial charge in [0.05, 0.1) is 45.1 Å². The molecule has 7 rings (SSSR count). The van der Waals surface area contributed by atoms with E-state index in [-0.39, 0.29) is 22.6 Å². The normalized spacial score (nSPS) is 15.2. The summed E-state index contributed by atoms with van der Waals surface area (Å²) in [6.45, 7) is 0. The highest BCUT2D eigenvalue weighted by molar-refractivity contribution is 7.91. The minimum atomic E-state index is -5.07. The monoisotopic (exact) mass is 763 g/mol. The number of para-hydroxylation sites is 1. The van der Waals surface area contributed by atoms with Crippen molar-refractivity contribution < 1.29 is 35.5 Å². The molecule has 0 saturated carbocycles. The topological polar surface area (TPSA) is 271 Å². The standard InChI is InChI=1S/C35H25N9O8S2/c36-31-30-20(17-29(54(50,51)52)33(34(30)46)44-40-21-4-2-1-3-5-21)16-28(53(47,48)49)32(31)43-41-22-8-6-19(7-9-22)35-37-26-15-12-24(18-27(26)38-35)42-39-23-10-13-25(45)14-11-23/h1-18,40,42H,36H2,(H,37,38)(H,47,48,49)(H,50,51,52)/b43-41?,44-33+. The fourth-order valence-corrected chi connectivity index (χ4v) is 6.72. The molecule has 0 spiro atoms. The van der Waals surface area contributed by atoms with Crippen molar-refractivity contribution in [3.05, 3.63) is 119 Å². The van der Waals surface area contributed by atoms with Crippen LogP contribution in [0.25, 0.3) is 28.5 Å². The Hall–Kier alpha value is -6.93. The molecule has 0 fully saturated rings. The number of hydrazone groups is 2. The third kappa shape index (κ3) is 7.36. The molecule has 0 bridgehead atoms. The Balaban J connectivity index is 1.18. The van der Waals surface area contributed by atoms with Gasteiger partial charge in [-0.3, -0.25) is 29.5 Å². The van der Waals surface area contributed by atoms with Crippen LogP contribution in [0.1, 0.15) is 15.9 Å². The second kappa shape index (κ2) is 13.9. The zero-order chi connectivity index (χ0) is 38.2. The van der Waals surface area contributed by atoms with E-state index in [0.717, 1.165) is 12.1 Å². The molecule has 2 aliphatic carbocycles. The van der Waals surface area contributed by atoms with Crippen LogP contribution in [-0.2, 0) is 25.0 Å². The number of H-pyrrole nitrogens is 1. The van der Waals surface area contributed by atoms with Crippen molar-refractivity contribution in [3.8, 4) is 11.4 Å². The quantitative estimate of drug-likeness (QED) is 0.0340. The Morgan fingerprint density at radius 2 is 1.46 bits per heavy atom. The van der Waals surface area contributed by atoms with Gasteiger partial charge in [0.25, 0.3) is 20.2 Å². The molecule has 54 heavy (non-hydrogen) atoms. The molecular weight excluding hydrogens is 739 g/mol. The third-order valence-corrected chi connectivity index (χ3v) is 9.69. The number of imidazole rings is 1. The van der Waals surface area contributed by atoms with Crippen LogP contribution in [0, 0.1) is 0 Å². The lowest BCUT2D eigenvalue weighted by Gasteiger charge is -2.20. The number of carbonyl (C=O) groups is 2. The van der Waals surface area contributed by atoms with Crippen LogP contribution in [0.2, 0.25) is 0 Å². The molecule has 0 unspecified atom stereocenters. The van der Waals surface area contributed by atoms with Crippen molar-refractivity contribution in [2.75, 3.05) is 16.6 Å². The molecule has 7 N–H and O–H groups in total. The Bertz CT molecular complexity index is 2790. The number of allylic oxidation sites excluding steroid dienone is 5. The maximum absolute atomic E-state index is 13.7. The molecule has 4 aromatic carbocycles. The Morgan fingerprint density at radius 3 is 2.15 bits per heavy atom. The van der Waals surface area contributed by atoms with Gasteiger partial charge in [0, 0.05) is 5.56 Å². The second-order valence-electron chi connectivity index (χ2n) is 11.6. The SMILES string of the molecule is Nc1c(N=Nc2ccc(-c3nc4ccc(NN=C5C=CC(=O)C=C5)cc4[nH]3)cc2)c(S(=O)(=O)O)cc2c1C(=O)/C(=N/Nc1ccccc1)C(S(=O)(=O)O)=C2. The maximum Gasteiger partial charge on any atom is 0.296 e. The minimum Gasteiger partial charge on any atom is -0.396 e. The summed E-state index contributed by atoms with van der Waals surface area (Å²) in [7, 11) is -10.1. The van der Waals surface area contributed by atoms with Gasteiger partial charge in [-0.1, -0.05) is 18.2 Å². The number of nitrogens with one attached hydrogen (secondary N) is 3. The number of nitrogens with zero attached hydrogens (tertiary/aromatic N) is 5. The van der Waals surface area contributed by atoms with Gasteiger partial charge < -0.3 is 10.7 Å². The highest BCUT2D eigenvalue weighted by Crippen LogP contribution is 2.41. The van der Waals surface area contributed by atoms with Gasteiger partial charge in [0.2, 0.25) is 5.78 Å². The maximum atomic E-state index is 13.7. The number of rotatable bonds is 9. The van der Waals surface area contributed by atoms with Crippen molar-refractivity contribution >= 4 is 88.8 Å². The fraction of sp³-hybridized carbons (Fsp3) is 0. The number of Topliss-reactive ketones (excluding diaryl/α,β-unsaturated/α-hetero) is 1. The molecule has 17 nitrogen and oxygen atoms in total. The van der Waals surface area contributed by atoms with E-state index in [2.05, 4.69) is 41.3 Å². The number of nitrogens with two attached hydrogens (primary N) is 1. The lowest BCUT2D eigenvalue weighted by Crippen LogP contribution is -2.28. The van der Waals surface area contributed by atoms with Crippen LogP contribution < -0.4 is 16.6 Å². The number of anilines is 3. The molecule has 5 aromatic rings. The predicted octanol–water partition coefficient (Wildman–Crippen LogP) is 5.83. The number of aromatic nitrogens is 2. The highest BCUT2D eigenvalue weighted by Gasteiger charge is 2.37. The zero-order valence-electron chi connectivity index (χ0n) is 27.4. The summed E-state index contributed by atoms with van der Waals surface area (Å²) in [6.07, 6.45) is 6.84. The second-order valence-corrected chi connectivity index (χ2v) is 14.4.